The average molecular weight is 522 g/mol. The van der Waals surface area contributed by atoms with Gasteiger partial charge in [-0.1, -0.05) is 31.2 Å². The van der Waals surface area contributed by atoms with E-state index in [1.807, 2.05) is 24.3 Å². The SMILES string of the molecule is CCS(=O)(=O)c1cc(-c2ccc(C3CC3)cc2)cnc1-n1cc2ncc(C(F)(F)C(F)(F)F)cc2n1. The second-order valence-corrected chi connectivity index (χ2v) is 10.9. The Bertz CT molecular complexity index is 1560. The van der Waals surface area contributed by atoms with Crippen molar-refractivity contribution in [2.45, 2.75) is 42.7 Å². The number of nitrogens with zero attached hydrogens (tertiary/aromatic N) is 4. The molecule has 0 spiro atoms. The number of halogens is 5. The van der Waals surface area contributed by atoms with Crippen molar-refractivity contribution >= 4 is 20.9 Å². The van der Waals surface area contributed by atoms with Gasteiger partial charge >= 0.3 is 12.1 Å². The topological polar surface area (TPSA) is 77.7 Å². The van der Waals surface area contributed by atoms with E-state index >= 15 is 0 Å². The molecule has 5 rings (SSSR count). The lowest BCUT2D eigenvalue weighted by Gasteiger charge is -2.19. The summed E-state index contributed by atoms with van der Waals surface area (Å²) >= 11 is 0. The van der Waals surface area contributed by atoms with Crippen molar-refractivity contribution in [2.24, 2.45) is 0 Å². The quantitative estimate of drug-likeness (QED) is 0.299. The minimum atomic E-state index is -5.80. The number of hydrogen-bond donors (Lipinski definition) is 0. The molecule has 6 nitrogen and oxygen atoms in total. The molecule has 0 atom stereocenters. The fourth-order valence-electron chi connectivity index (χ4n) is 3.86. The van der Waals surface area contributed by atoms with Crippen LogP contribution in [0.25, 0.3) is 28.0 Å². The molecule has 36 heavy (non-hydrogen) atoms. The third-order valence-corrected chi connectivity index (χ3v) is 7.86. The van der Waals surface area contributed by atoms with Crippen molar-refractivity contribution in [1.29, 1.82) is 0 Å². The molecule has 4 aromatic rings. The highest BCUT2D eigenvalue weighted by atomic mass is 32.2. The van der Waals surface area contributed by atoms with E-state index in [9.17, 15) is 30.4 Å². The van der Waals surface area contributed by atoms with E-state index in [-0.39, 0.29) is 27.5 Å². The summed E-state index contributed by atoms with van der Waals surface area (Å²) in [6, 6.07) is 9.80. The molecule has 1 fully saturated rings. The predicted molar refractivity (Wildman–Crippen MR) is 122 cm³/mol. The molecule has 3 heterocycles. The van der Waals surface area contributed by atoms with E-state index in [1.54, 1.807) is 0 Å². The molecule has 0 radical (unpaired) electrons. The van der Waals surface area contributed by atoms with Gasteiger partial charge in [-0.15, -0.1) is 0 Å². The minimum absolute atomic E-state index is 0.00175. The van der Waals surface area contributed by atoms with Crippen LogP contribution in [0.3, 0.4) is 0 Å². The van der Waals surface area contributed by atoms with Crippen LogP contribution in [0.4, 0.5) is 22.0 Å². The van der Waals surface area contributed by atoms with Crippen LogP contribution in [0, 0.1) is 0 Å². The van der Waals surface area contributed by atoms with Crippen LogP contribution in [-0.4, -0.2) is 40.1 Å². The van der Waals surface area contributed by atoms with E-state index < -0.39 is 27.5 Å². The summed E-state index contributed by atoms with van der Waals surface area (Å²) in [6.07, 6.45) is -0.395. The lowest BCUT2D eigenvalue weighted by molar-refractivity contribution is -0.289. The molecule has 12 heteroatoms. The van der Waals surface area contributed by atoms with E-state index in [0.717, 1.165) is 23.1 Å². The third-order valence-electron chi connectivity index (χ3n) is 6.13. The summed E-state index contributed by atoms with van der Waals surface area (Å²) in [4.78, 5) is 7.80. The molecule has 0 saturated heterocycles. The summed E-state index contributed by atoms with van der Waals surface area (Å²) in [6.45, 7) is 1.46. The number of fused-ring (bicyclic) bond motifs is 1. The Morgan fingerprint density at radius 2 is 1.64 bits per heavy atom. The molecule has 0 N–H and O–H groups in total. The number of aromatic nitrogens is 4. The standard InChI is InChI=1S/C24H19F5N4O2S/c1-2-36(34,35)21-9-17(16-7-5-15(6-8-16)14-3-4-14)11-31-22(21)33-13-20-19(32-33)10-18(12-30-20)23(25,26)24(27,28)29/h5-14H,2-4H2,1H3. The maximum Gasteiger partial charge on any atom is 0.458 e. The average Bonchev–Trinajstić information content (AvgIpc) is 3.61. The van der Waals surface area contributed by atoms with Gasteiger partial charge in [-0.3, -0.25) is 4.98 Å². The molecule has 1 saturated carbocycles. The van der Waals surface area contributed by atoms with Gasteiger partial charge in [0.25, 0.3) is 0 Å². The fraction of sp³-hybridized carbons (Fsp3) is 0.292. The van der Waals surface area contributed by atoms with Gasteiger partial charge in [0.2, 0.25) is 0 Å². The van der Waals surface area contributed by atoms with E-state index in [4.69, 9.17) is 0 Å². The maximum absolute atomic E-state index is 13.8. The number of rotatable bonds is 6. The Balaban J connectivity index is 1.59. The Labute approximate surface area is 202 Å². The second-order valence-electron chi connectivity index (χ2n) is 8.62. The lowest BCUT2D eigenvalue weighted by Crippen LogP contribution is -2.33. The van der Waals surface area contributed by atoms with Gasteiger partial charge in [0.15, 0.2) is 15.7 Å². The summed E-state index contributed by atoms with van der Waals surface area (Å²) < 4.78 is 92.7. The van der Waals surface area contributed by atoms with Crippen molar-refractivity contribution < 1.29 is 30.4 Å². The molecule has 1 aliphatic carbocycles. The largest absolute Gasteiger partial charge is 0.458 e. The Morgan fingerprint density at radius 1 is 0.944 bits per heavy atom. The highest BCUT2D eigenvalue weighted by molar-refractivity contribution is 7.91. The first-order valence-electron chi connectivity index (χ1n) is 11.0. The van der Waals surface area contributed by atoms with Crippen molar-refractivity contribution in [1.82, 2.24) is 19.7 Å². The van der Waals surface area contributed by atoms with Crippen LogP contribution in [0.1, 0.15) is 36.8 Å². The summed E-state index contributed by atoms with van der Waals surface area (Å²) in [5.41, 5.74) is 0.895. The van der Waals surface area contributed by atoms with Crippen molar-refractivity contribution in [3.63, 3.8) is 0 Å². The normalized spacial score (nSPS) is 14.9. The number of pyridine rings is 2. The number of hydrogen-bond acceptors (Lipinski definition) is 5. The highest BCUT2D eigenvalue weighted by Gasteiger charge is 2.59. The Kier molecular flexibility index (Phi) is 5.62. The van der Waals surface area contributed by atoms with Crippen LogP contribution in [0.2, 0.25) is 0 Å². The molecule has 0 bridgehead atoms. The van der Waals surface area contributed by atoms with Crippen LogP contribution >= 0.6 is 0 Å². The van der Waals surface area contributed by atoms with E-state index in [0.29, 0.717) is 23.7 Å². The first-order chi connectivity index (χ1) is 16.9. The fourth-order valence-corrected chi connectivity index (χ4v) is 4.91. The van der Waals surface area contributed by atoms with Gasteiger partial charge in [-0.25, -0.2) is 18.1 Å². The van der Waals surface area contributed by atoms with Crippen molar-refractivity contribution in [3.8, 4) is 16.9 Å². The first-order valence-corrected chi connectivity index (χ1v) is 12.7. The Morgan fingerprint density at radius 3 is 2.25 bits per heavy atom. The monoisotopic (exact) mass is 522 g/mol. The summed E-state index contributed by atoms with van der Waals surface area (Å²) in [5.74, 6) is -4.91. The number of sulfone groups is 1. The van der Waals surface area contributed by atoms with E-state index in [1.165, 1.54) is 30.9 Å². The zero-order valence-corrected chi connectivity index (χ0v) is 19.6. The molecule has 1 aliphatic rings. The van der Waals surface area contributed by atoms with Crippen LogP contribution in [0.5, 0.6) is 0 Å². The molecule has 3 aromatic heterocycles. The van der Waals surface area contributed by atoms with Gasteiger partial charge in [-0.2, -0.15) is 27.1 Å². The smallest absolute Gasteiger partial charge is 0.252 e. The van der Waals surface area contributed by atoms with Gasteiger partial charge < -0.3 is 0 Å². The highest BCUT2D eigenvalue weighted by Crippen LogP contribution is 2.44. The zero-order chi connectivity index (χ0) is 25.9. The molecule has 0 unspecified atom stereocenters. The van der Waals surface area contributed by atoms with Gasteiger partial charge in [0.1, 0.15) is 15.9 Å². The van der Waals surface area contributed by atoms with Crippen LogP contribution in [0.15, 0.2) is 59.9 Å². The first kappa shape index (κ1) is 24.3. The van der Waals surface area contributed by atoms with Crippen molar-refractivity contribution in [2.75, 3.05) is 5.75 Å². The van der Waals surface area contributed by atoms with Crippen LogP contribution < -0.4 is 0 Å². The minimum Gasteiger partial charge on any atom is -0.252 e. The van der Waals surface area contributed by atoms with Gasteiger partial charge in [0.05, 0.1) is 17.5 Å². The molecular formula is C24H19F5N4O2S. The third kappa shape index (κ3) is 4.23. The zero-order valence-electron chi connectivity index (χ0n) is 18.8. The molecule has 0 aliphatic heterocycles. The number of benzene rings is 1. The Hall–Kier alpha value is -3.41. The molecule has 0 amide bonds. The second kappa shape index (κ2) is 8.32. The summed E-state index contributed by atoms with van der Waals surface area (Å²) in [5, 5.41) is 4.01. The summed E-state index contributed by atoms with van der Waals surface area (Å²) in [7, 11) is -3.82. The maximum atomic E-state index is 13.8. The van der Waals surface area contributed by atoms with Gasteiger partial charge in [-0.05, 0) is 42.0 Å². The lowest BCUT2D eigenvalue weighted by atomic mass is 10.0. The molecule has 188 valence electrons. The number of alkyl halides is 5. The van der Waals surface area contributed by atoms with Crippen molar-refractivity contribution in [3.05, 3.63) is 66.1 Å². The molecule has 1 aromatic carbocycles. The van der Waals surface area contributed by atoms with E-state index in [2.05, 4.69) is 15.1 Å². The van der Waals surface area contributed by atoms with Crippen LogP contribution in [-0.2, 0) is 15.8 Å². The predicted octanol–water partition coefficient (Wildman–Crippen LogP) is 5.81. The molecular weight excluding hydrogens is 503 g/mol. The van der Waals surface area contributed by atoms with Gasteiger partial charge in [0, 0.05) is 18.0 Å².